The minimum absolute atomic E-state index is 0.618. The molecule has 0 spiro atoms. The average Bonchev–Trinajstić information content (AvgIpc) is 2.38. The van der Waals surface area contributed by atoms with Crippen molar-refractivity contribution >= 4 is 17.4 Å². The summed E-state index contributed by atoms with van der Waals surface area (Å²) in [5.74, 6) is 1.44. The van der Waals surface area contributed by atoms with E-state index in [4.69, 9.17) is 16.3 Å². The van der Waals surface area contributed by atoms with Gasteiger partial charge in [0.25, 0.3) is 0 Å². The molecule has 0 aliphatic heterocycles. The molecule has 88 valence electrons. The number of ether oxygens (including phenoxy) is 1. The molecule has 0 fully saturated rings. The average molecular weight is 249 g/mol. The Bertz CT molecular complexity index is 502. The lowest BCUT2D eigenvalue weighted by Crippen LogP contribution is -2.03. The van der Waals surface area contributed by atoms with Crippen LogP contribution >= 0.6 is 11.6 Å². The van der Waals surface area contributed by atoms with Gasteiger partial charge < -0.3 is 10.1 Å². The standard InChI is InChI=1S/C13H13ClN2O/c1-17-12-7-4-8-15-13(12)16-9-10-5-2-3-6-11(10)14/h2-8H,9H2,1H3,(H,15,16). The molecular weight excluding hydrogens is 236 g/mol. The smallest absolute Gasteiger partial charge is 0.168 e. The Labute approximate surface area is 105 Å². The summed E-state index contributed by atoms with van der Waals surface area (Å²) in [6.07, 6.45) is 1.72. The van der Waals surface area contributed by atoms with Gasteiger partial charge in [0.1, 0.15) is 0 Å². The summed E-state index contributed by atoms with van der Waals surface area (Å²) in [5, 5.41) is 3.95. The van der Waals surface area contributed by atoms with Crippen LogP contribution in [0.2, 0.25) is 5.02 Å². The number of halogens is 1. The van der Waals surface area contributed by atoms with Crippen LogP contribution in [-0.4, -0.2) is 12.1 Å². The zero-order chi connectivity index (χ0) is 12.1. The Kier molecular flexibility index (Phi) is 3.83. The lowest BCUT2D eigenvalue weighted by atomic mass is 10.2. The summed E-state index contributed by atoms with van der Waals surface area (Å²) in [6, 6.07) is 11.4. The number of anilines is 1. The van der Waals surface area contributed by atoms with E-state index >= 15 is 0 Å². The minimum Gasteiger partial charge on any atom is -0.493 e. The zero-order valence-corrected chi connectivity index (χ0v) is 10.2. The van der Waals surface area contributed by atoms with Gasteiger partial charge in [-0.3, -0.25) is 0 Å². The normalized spacial score (nSPS) is 10.0. The maximum atomic E-state index is 6.07. The molecule has 3 nitrogen and oxygen atoms in total. The van der Waals surface area contributed by atoms with Gasteiger partial charge in [-0.25, -0.2) is 4.98 Å². The fourth-order valence-electron chi connectivity index (χ4n) is 1.51. The summed E-state index contributed by atoms with van der Waals surface area (Å²) >= 11 is 6.07. The van der Waals surface area contributed by atoms with Gasteiger partial charge in [0.05, 0.1) is 7.11 Å². The van der Waals surface area contributed by atoms with E-state index < -0.39 is 0 Å². The zero-order valence-electron chi connectivity index (χ0n) is 9.48. The number of benzene rings is 1. The van der Waals surface area contributed by atoms with Gasteiger partial charge in [-0.1, -0.05) is 29.8 Å². The van der Waals surface area contributed by atoms with Crippen molar-refractivity contribution in [2.45, 2.75) is 6.54 Å². The number of rotatable bonds is 4. The molecule has 1 aromatic carbocycles. The molecule has 0 saturated heterocycles. The molecule has 1 heterocycles. The van der Waals surface area contributed by atoms with Crippen molar-refractivity contribution < 1.29 is 4.74 Å². The van der Waals surface area contributed by atoms with Gasteiger partial charge in [0.2, 0.25) is 0 Å². The van der Waals surface area contributed by atoms with E-state index in [1.165, 1.54) is 0 Å². The van der Waals surface area contributed by atoms with E-state index in [0.29, 0.717) is 6.54 Å². The van der Waals surface area contributed by atoms with Crippen LogP contribution in [0.4, 0.5) is 5.82 Å². The van der Waals surface area contributed by atoms with Crippen molar-refractivity contribution in [2.24, 2.45) is 0 Å². The SMILES string of the molecule is COc1cccnc1NCc1ccccc1Cl. The fourth-order valence-corrected chi connectivity index (χ4v) is 1.71. The number of hydrogen-bond donors (Lipinski definition) is 1. The number of hydrogen-bond acceptors (Lipinski definition) is 3. The number of aromatic nitrogens is 1. The van der Waals surface area contributed by atoms with Gasteiger partial charge in [0.15, 0.2) is 11.6 Å². The van der Waals surface area contributed by atoms with Gasteiger partial charge >= 0.3 is 0 Å². The van der Waals surface area contributed by atoms with Crippen molar-refractivity contribution in [1.82, 2.24) is 4.98 Å². The van der Waals surface area contributed by atoms with E-state index in [-0.39, 0.29) is 0 Å². The number of pyridine rings is 1. The van der Waals surface area contributed by atoms with Crippen molar-refractivity contribution in [3.8, 4) is 5.75 Å². The summed E-state index contributed by atoms with van der Waals surface area (Å²) in [6.45, 7) is 0.618. The first-order chi connectivity index (χ1) is 8.31. The van der Waals surface area contributed by atoms with Crippen LogP contribution in [0, 0.1) is 0 Å². The van der Waals surface area contributed by atoms with Gasteiger partial charge in [0, 0.05) is 17.8 Å². The molecule has 0 aliphatic carbocycles. The third-order valence-electron chi connectivity index (χ3n) is 2.39. The summed E-state index contributed by atoms with van der Waals surface area (Å²) in [4.78, 5) is 4.22. The second-order valence-corrected chi connectivity index (χ2v) is 3.91. The third-order valence-corrected chi connectivity index (χ3v) is 2.76. The van der Waals surface area contributed by atoms with E-state index in [2.05, 4.69) is 10.3 Å². The summed E-state index contributed by atoms with van der Waals surface area (Å²) in [5.41, 5.74) is 1.03. The van der Waals surface area contributed by atoms with Crippen LogP contribution in [-0.2, 0) is 6.54 Å². The van der Waals surface area contributed by atoms with E-state index in [1.807, 2.05) is 36.4 Å². The largest absolute Gasteiger partial charge is 0.493 e. The second-order valence-electron chi connectivity index (χ2n) is 3.50. The van der Waals surface area contributed by atoms with Crippen molar-refractivity contribution in [1.29, 1.82) is 0 Å². The van der Waals surface area contributed by atoms with Crippen LogP contribution in [0.25, 0.3) is 0 Å². The first-order valence-corrected chi connectivity index (χ1v) is 5.65. The summed E-state index contributed by atoms with van der Waals surface area (Å²) < 4.78 is 5.21. The molecular formula is C13H13ClN2O. The molecule has 17 heavy (non-hydrogen) atoms. The lowest BCUT2D eigenvalue weighted by Gasteiger charge is -2.10. The maximum absolute atomic E-state index is 6.07. The molecule has 0 atom stereocenters. The quantitative estimate of drug-likeness (QED) is 0.901. The molecule has 2 aromatic rings. The van der Waals surface area contributed by atoms with Crippen LogP contribution in [0.3, 0.4) is 0 Å². The molecule has 0 amide bonds. The monoisotopic (exact) mass is 248 g/mol. The number of methoxy groups -OCH3 is 1. The highest BCUT2D eigenvalue weighted by atomic mass is 35.5. The van der Waals surface area contributed by atoms with Gasteiger partial charge in [-0.05, 0) is 23.8 Å². The fraction of sp³-hybridized carbons (Fsp3) is 0.154. The van der Waals surface area contributed by atoms with E-state index in [9.17, 15) is 0 Å². The van der Waals surface area contributed by atoms with Gasteiger partial charge in [-0.2, -0.15) is 0 Å². The first-order valence-electron chi connectivity index (χ1n) is 5.27. The van der Waals surface area contributed by atoms with Crippen LogP contribution in [0.15, 0.2) is 42.6 Å². The Balaban J connectivity index is 2.10. The highest BCUT2D eigenvalue weighted by molar-refractivity contribution is 6.31. The van der Waals surface area contributed by atoms with Crippen molar-refractivity contribution in [2.75, 3.05) is 12.4 Å². The number of nitrogens with zero attached hydrogens (tertiary/aromatic N) is 1. The maximum Gasteiger partial charge on any atom is 0.168 e. The first kappa shape index (κ1) is 11.7. The van der Waals surface area contributed by atoms with Crippen molar-refractivity contribution in [3.05, 3.63) is 53.2 Å². The molecule has 0 unspecified atom stereocenters. The Hall–Kier alpha value is -1.74. The molecule has 0 saturated carbocycles. The topological polar surface area (TPSA) is 34.1 Å². The van der Waals surface area contributed by atoms with E-state index in [0.717, 1.165) is 22.2 Å². The molecule has 4 heteroatoms. The van der Waals surface area contributed by atoms with Crippen LogP contribution < -0.4 is 10.1 Å². The Morgan fingerprint density at radius 1 is 1.24 bits per heavy atom. The van der Waals surface area contributed by atoms with Crippen molar-refractivity contribution in [3.63, 3.8) is 0 Å². The molecule has 0 aliphatic rings. The predicted octanol–water partition coefficient (Wildman–Crippen LogP) is 3.36. The lowest BCUT2D eigenvalue weighted by molar-refractivity contribution is 0.415. The number of nitrogens with one attached hydrogen (secondary N) is 1. The Morgan fingerprint density at radius 2 is 2.06 bits per heavy atom. The highest BCUT2D eigenvalue weighted by Gasteiger charge is 2.03. The van der Waals surface area contributed by atoms with Crippen LogP contribution in [0.5, 0.6) is 5.75 Å². The highest BCUT2D eigenvalue weighted by Crippen LogP contribution is 2.22. The molecule has 0 bridgehead atoms. The minimum atomic E-state index is 0.618. The molecule has 1 N–H and O–H groups in total. The van der Waals surface area contributed by atoms with Gasteiger partial charge in [-0.15, -0.1) is 0 Å². The van der Waals surface area contributed by atoms with E-state index in [1.54, 1.807) is 13.3 Å². The molecule has 1 aromatic heterocycles. The van der Waals surface area contributed by atoms with Crippen LogP contribution in [0.1, 0.15) is 5.56 Å². The predicted molar refractivity (Wildman–Crippen MR) is 69.6 cm³/mol. The second kappa shape index (κ2) is 5.55. The summed E-state index contributed by atoms with van der Waals surface area (Å²) in [7, 11) is 1.62. The Morgan fingerprint density at radius 3 is 2.82 bits per heavy atom. The molecule has 2 rings (SSSR count). The molecule has 0 radical (unpaired) electrons. The third kappa shape index (κ3) is 2.88.